The lowest BCUT2D eigenvalue weighted by atomic mass is 9.97. The standard InChI is InChI=1S/C12H20NO/c1-2-4-11(5-3-1)14-12-7-10-6-9(12)8-13-10/h1,9-13H,2-8H2/t9-,10-,12?/m1/s1. The van der Waals surface area contributed by atoms with Gasteiger partial charge in [-0.25, -0.2) is 0 Å². The van der Waals surface area contributed by atoms with Gasteiger partial charge >= 0.3 is 0 Å². The molecule has 0 aromatic heterocycles. The molecule has 79 valence electrons. The zero-order valence-electron chi connectivity index (χ0n) is 8.74. The Morgan fingerprint density at radius 1 is 1.14 bits per heavy atom. The van der Waals surface area contributed by atoms with E-state index in [9.17, 15) is 0 Å². The van der Waals surface area contributed by atoms with Crippen molar-refractivity contribution in [3.63, 3.8) is 0 Å². The van der Waals surface area contributed by atoms with E-state index in [2.05, 4.69) is 11.7 Å². The fraction of sp³-hybridized carbons (Fsp3) is 0.917. The van der Waals surface area contributed by atoms with Crippen LogP contribution < -0.4 is 5.32 Å². The average Bonchev–Trinajstić information content (AvgIpc) is 2.81. The number of piperidine rings is 1. The molecule has 2 saturated carbocycles. The number of rotatable bonds is 2. The van der Waals surface area contributed by atoms with Crippen molar-refractivity contribution in [2.24, 2.45) is 5.92 Å². The largest absolute Gasteiger partial charge is 0.375 e. The summed E-state index contributed by atoms with van der Waals surface area (Å²) in [6, 6.07) is 0.778. The van der Waals surface area contributed by atoms with Gasteiger partial charge in [-0.3, -0.25) is 0 Å². The van der Waals surface area contributed by atoms with E-state index in [1.165, 1.54) is 45.1 Å². The van der Waals surface area contributed by atoms with Crippen molar-refractivity contribution in [1.29, 1.82) is 0 Å². The molecule has 1 N–H and O–H groups in total. The van der Waals surface area contributed by atoms with Gasteiger partial charge in [0, 0.05) is 12.6 Å². The van der Waals surface area contributed by atoms with E-state index in [4.69, 9.17) is 4.74 Å². The molecule has 1 heterocycles. The number of nitrogens with one attached hydrogen (secondary N) is 1. The van der Waals surface area contributed by atoms with Crippen LogP contribution in [0.5, 0.6) is 0 Å². The smallest absolute Gasteiger partial charge is 0.0634 e. The van der Waals surface area contributed by atoms with Crippen LogP contribution in [0.2, 0.25) is 0 Å². The Kier molecular flexibility index (Phi) is 2.50. The van der Waals surface area contributed by atoms with Crippen LogP contribution in [0.4, 0.5) is 0 Å². The number of fused-ring (bicyclic) bond motifs is 2. The molecule has 3 fully saturated rings. The first-order valence-electron chi connectivity index (χ1n) is 6.12. The molecule has 3 aliphatic rings. The number of hydrogen-bond donors (Lipinski definition) is 1. The van der Waals surface area contributed by atoms with E-state index in [1.54, 1.807) is 0 Å². The molecule has 2 bridgehead atoms. The van der Waals surface area contributed by atoms with Crippen LogP contribution >= 0.6 is 0 Å². The lowest BCUT2D eigenvalue weighted by Crippen LogP contribution is -2.36. The lowest BCUT2D eigenvalue weighted by Gasteiger charge is -2.30. The molecule has 1 aliphatic heterocycles. The molecule has 2 aliphatic carbocycles. The van der Waals surface area contributed by atoms with Crippen molar-refractivity contribution in [1.82, 2.24) is 5.32 Å². The van der Waals surface area contributed by atoms with Crippen molar-refractivity contribution in [2.75, 3.05) is 6.54 Å². The molecular weight excluding hydrogens is 174 g/mol. The van der Waals surface area contributed by atoms with E-state index in [1.807, 2.05) is 0 Å². The van der Waals surface area contributed by atoms with Gasteiger partial charge < -0.3 is 10.1 Å². The Labute approximate surface area is 86.4 Å². The van der Waals surface area contributed by atoms with Gasteiger partial charge in [0.15, 0.2) is 0 Å². The first kappa shape index (κ1) is 9.17. The molecule has 14 heavy (non-hydrogen) atoms. The average molecular weight is 194 g/mol. The highest BCUT2D eigenvalue weighted by molar-refractivity contribution is 4.96. The molecule has 1 saturated heterocycles. The minimum atomic E-state index is 0.573. The predicted molar refractivity (Wildman–Crippen MR) is 55.9 cm³/mol. The van der Waals surface area contributed by atoms with Gasteiger partial charge in [-0.05, 0) is 50.9 Å². The second kappa shape index (κ2) is 3.82. The summed E-state index contributed by atoms with van der Waals surface area (Å²) in [5.74, 6) is 0.825. The lowest BCUT2D eigenvalue weighted by molar-refractivity contribution is -0.0469. The van der Waals surface area contributed by atoms with Crippen LogP contribution in [0, 0.1) is 12.3 Å². The van der Waals surface area contributed by atoms with Crippen LogP contribution in [0.15, 0.2) is 0 Å². The Morgan fingerprint density at radius 3 is 2.64 bits per heavy atom. The van der Waals surface area contributed by atoms with Crippen LogP contribution in [0.3, 0.4) is 0 Å². The molecule has 0 aromatic carbocycles. The fourth-order valence-corrected chi connectivity index (χ4v) is 3.23. The van der Waals surface area contributed by atoms with Gasteiger partial charge in [0.25, 0.3) is 0 Å². The maximum Gasteiger partial charge on any atom is 0.0634 e. The third kappa shape index (κ3) is 1.70. The third-order valence-corrected chi connectivity index (χ3v) is 4.05. The van der Waals surface area contributed by atoms with Crippen LogP contribution in [-0.4, -0.2) is 24.8 Å². The first-order valence-corrected chi connectivity index (χ1v) is 6.12. The minimum absolute atomic E-state index is 0.573. The summed E-state index contributed by atoms with van der Waals surface area (Å²) in [6.45, 7) is 1.20. The molecule has 0 aromatic rings. The van der Waals surface area contributed by atoms with Crippen molar-refractivity contribution in [3.8, 4) is 0 Å². The van der Waals surface area contributed by atoms with Gasteiger partial charge in [0.2, 0.25) is 0 Å². The predicted octanol–water partition coefficient (Wildman–Crippen LogP) is 1.90. The molecule has 3 rings (SSSR count). The zero-order valence-corrected chi connectivity index (χ0v) is 8.74. The Hall–Kier alpha value is -0.0800. The topological polar surface area (TPSA) is 21.3 Å². The summed E-state index contributed by atoms with van der Waals surface area (Å²) in [5.41, 5.74) is 0. The monoisotopic (exact) mass is 194 g/mol. The Morgan fingerprint density at radius 2 is 2.00 bits per heavy atom. The number of hydrogen-bond acceptors (Lipinski definition) is 2. The van der Waals surface area contributed by atoms with Gasteiger partial charge in [-0.2, -0.15) is 0 Å². The molecule has 0 amide bonds. The fourth-order valence-electron chi connectivity index (χ4n) is 3.23. The van der Waals surface area contributed by atoms with E-state index >= 15 is 0 Å². The highest BCUT2D eigenvalue weighted by atomic mass is 16.5. The zero-order chi connectivity index (χ0) is 9.38. The summed E-state index contributed by atoms with van der Waals surface area (Å²) >= 11 is 0. The highest BCUT2D eigenvalue weighted by Gasteiger charge is 2.41. The summed E-state index contributed by atoms with van der Waals surface area (Å²) in [4.78, 5) is 0. The highest BCUT2D eigenvalue weighted by Crippen LogP contribution is 2.35. The van der Waals surface area contributed by atoms with E-state index in [0.717, 1.165) is 12.0 Å². The molecule has 2 nitrogen and oxygen atoms in total. The van der Waals surface area contributed by atoms with Gasteiger partial charge in [-0.15, -0.1) is 0 Å². The van der Waals surface area contributed by atoms with Crippen molar-refractivity contribution in [2.45, 2.75) is 56.8 Å². The molecule has 2 heteroatoms. The van der Waals surface area contributed by atoms with Crippen molar-refractivity contribution >= 4 is 0 Å². The van der Waals surface area contributed by atoms with Crippen molar-refractivity contribution < 1.29 is 4.74 Å². The van der Waals surface area contributed by atoms with Crippen LogP contribution in [0.1, 0.15) is 38.5 Å². The molecule has 3 atom stereocenters. The van der Waals surface area contributed by atoms with E-state index in [-0.39, 0.29) is 0 Å². The number of ether oxygens (including phenoxy) is 1. The van der Waals surface area contributed by atoms with E-state index < -0.39 is 0 Å². The Bertz CT molecular complexity index is 200. The quantitative estimate of drug-likeness (QED) is 0.725. The molecular formula is C12H20NO. The molecule has 0 spiro atoms. The Balaban J connectivity index is 1.52. The summed E-state index contributed by atoms with van der Waals surface area (Å²) in [5, 5.41) is 3.54. The SMILES string of the molecule is [CH]1CCC(OC2C[C@H]3C[C@@H]2CN3)CC1. The second-order valence-corrected chi connectivity index (χ2v) is 5.08. The second-order valence-electron chi connectivity index (χ2n) is 5.08. The summed E-state index contributed by atoms with van der Waals surface area (Å²) in [6.07, 6.45) is 11.3. The van der Waals surface area contributed by atoms with Crippen LogP contribution in [0.25, 0.3) is 0 Å². The molecule has 1 unspecified atom stereocenters. The van der Waals surface area contributed by atoms with Gasteiger partial charge in [-0.1, -0.05) is 0 Å². The van der Waals surface area contributed by atoms with Gasteiger partial charge in [0.05, 0.1) is 12.2 Å². The molecule has 1 radical (unpaired) electrons. The maximum atomic E-state index is 6.23. The normalized spacial score (nSPS) is 43.3. The van der Waals surface area contributed by atoms with Crippen LogP contribution in [-0.2, 0) is 4.74 Å². The maximum absolute atomic E-state index is 6.23. The van der Waals surface area contributed by atoms with Gasteiger partial charge in [0.1, 0.15) is 0 Å². The summed E-state index contributed by atoms with van der Waals surface area (Å²) in [7, 11) is 0. The minimum Gasteiger partial charge on any atom is -0.375 e. The summed E-state index contributed by atoms with van der Waals surface area (Å²) < 4.78 is 6.23. The third-order valence-electron chi connectivity index (χ3n) is 4.05. The van der Waals surface area contributed by atoms with Crippen molar-refractivity contribution in [3.05, 3.63) is 6.42 Å². The first-order chi connectivity index (χ1) is 6.92. The van der Waals surface area contributed by atoms with E-state index in [0.29, 0.717) is 12.2 Å².